The summed E-state index contributed by atoms with van der Waals surface area (Å²) in [5.41, 5.74) is 0.459. The largest absolute Gasteiger partial charge is 0.508 e. The molecule has 0 saturated carbocycles. The first-order chi connectivity index (χ1) is 9.10. The summed E-state index contributed by atoms with van der Waals surface area (Å²) in [5.74, 6) is -0.380. The van der Waals surface area contributed by atoms with Gasteiger partial charge in [0.25, 0.3) is 5.91 Å². The molecule has 3 N–H and O–H groups in total. The van der Waals surface area contributed by atoms with Crippen LogP contribution in [0.3, 0.4) is 0 Å². The minimum Gasteiger partial charge on any atom is -0.508 e. The van der Waals surface area contributed by atoms with Gasteiger partial charge < -0.3 is 15.5 Å². The molecule has 1 fully saturated rings. The van der Waals surface area contributed by atoms with E-state index in [1.807, 2.05) is 0 Å². The number of aromatic hydroxyl groups is 2. The minimum atomic E-state index is -0.264. The molecular formula is C13H12N2O3S. The Hall–Kier alpha value is -2.21. The van der Waals surface area contributed by atoms with Crippen molar-refractivity contribution in [1.82, 2.24) is 5.32 Å². The van der Waals surface area contributed by atoms with Crippen molar-refractivity contribution in [2.45, 2.75) is 0 Å². The number of nitrogens with one attached hydrogen (secondary N) is 1. The number of nitrogens with zero attached hydrogens (tertiary/aromatic N) is 1. The predicted molar refractivity (Wildman–Crippen MR) is 76.0 cm³/mol. The maximum Gasteiger partial charge on any atom is 0.264 e. The number of phenols is 2. The standard InChI is InChI=1S/C13H12N2O3S/c1-2-5-14-13-15-12(18)11(19-13)6-8-3-4-9(16)7-10(8)17/h2-4,6-7,16-17H,1,5H2,(H,14,15,18)/b11-6-. The Morgan fingerprint density at radius 1 is 1.42 bits per heavy atom. The van der Waals surface area contributed by atoms with Crippen molar-refractivity contribution in [2.24, 2.45) is 4.99 Å². The van der Waals surface area contributed by atoms with Gasteiger partial charge in [-0.2, -0.15) is 0 Å². The number of phenolic OH excluding ortho intramolecular Hbond substituents is 2. The number of carbonyl (C=O) groups is 1. The Balaban J connectivity index is 2.24. The third kappa shape index (κ3) is 3.17. The van der Waals surface area contributed by atoms with Gasteiger partial charge in [-0.1, -0.05) is 6.08 Å². The van der Waals surface area contributed by atoms with Gasteiger partial charge in [0.1, 0.15) is 11.5 Å². The molecule has 1 aliphatic rings. The third-order valence-electron chi connectivity index (χ3n) is 2.32. The van der Waals surface area contributed by atoms with Crippen LogP contribution in [0, 0.1) is 0 Å². The van der Waals surface area contributed by atoms with Crippen LogP contribution >= 0.6 is 11.8 Å². The highest BCUT2D eigenvalue weighted by Gasteiger charge is 2.23. The van der Waals surface area contributed by atoms with E-state index in [9.17, 15) is 15.0 Å². The van der Waals surface area contributed by atoms with Gasteiger partial charge in [-0.25, -0.2) is 0 Å². The second-order valence-electron chi connectivity index (χ2n) is 3.74. The molecule has 0 aromatic heterocycles. The molecule has 0 unspecified atom stereocenters. The molecule has 0 atom stereocenters. The topological polar surface area (TPSA) is 81.9 Å². The Morgan fingerprint density at radius 2 is 2.21 bits per heavy atom. The quantitative estimate of drug-likeness (QED) is 0.581. The molecule has 1 heterocycles. The first-order valence-electron chi connectivity index (χ1n) is 5.48. The maximum absolute atomic E-state index is 11.7. The molecule has 1 aliphatic heterocycles. The number of amides is 1. The van der Waals surface area contributed by atoms with Crippen LogP contribution in [0.25, 0.3) is 6.08 Å². The Morgan fingerprint density at radius 3 is 2.89 bits per heavy atom. The number of rotatable bonds is 3. The van der Waals surface area contributed by atoms with E-state index < -0.39 is 0 Å². The van der Waals surface area contributed by atoms with Crippen molar-refractivity contribution in [3.05, 3.63) is 41.3 Å². The Labute approximate surface area is 114 Å². The van der Waals surface area contributed by atoms with Gasteiger partial charge in [0, 0.05) is 11.6 Å². The molecule has 0 spiro atoms. The van der Waals surface area contributed by atoms with Gasteiger partial charge in [0.15, 0.2) is 5.17 Å². The molecule has 5 nitrogen and oxygen atoms in total. The second-order valence-corrected chi connectivity index (χ2v) is 4.77. The molecule has 1 aromatic carbocycles. The highest BCUT2D eigenvalue weighted by Crippen LogP contribution is 2.30. The van der Waals surface area contributed by atoms with E-state index in [1.54, 1.807) is 12.2 Å². The van der Waals surface area contributed by atoms with E-state index in [-0.39, 0.29) is 17.4 Å². The van der Waals surface area contributed by atoms with Crippen LogP contribution in [-0.4, -0.2) is 27.8 Å². The highest BCUT2D eigenvalue weighted by molar-refractivity contribution is 8.18. The third-order valence-corrected chi connectivity index (χ3v) is 3.26. The fourth-order valence-electron chi connectivity index (χ4n) is 1.44. The number of carbonyl (C=O) groups excluding carboxylic acids is 1. The molecule has 1 amide bonds. The number of hydrogen-bond donors (Lipinski definition) is 3. The predicted octanol–water partition coefficient (Wildman–Crippen LogP) is 1.84. The van der Waals surface area contributed by atoms with E-state index in [0.717, 1.165) is 0 Å². The van der Waals surface area contributed by atoms with E-state index in [2.05, 4.69) is 16.9 Å². The van der Waals surface area contributed by atoms with Crippen molar-refractivity contribution in [2.75, 3.05) is 6.54 Å². The molecule has 6 heteroatoms. The van der Waals surface area contributed by atoms with Crippen LogP contribution in [0.1, 0.15) is 5.56 Å². The van der Waals surface area contributed by atoms with Gasteiger partial charge in [0.2, 0.25) is 0 Å². The summed E-state index contributed by atoms with van der Waals surface area (Å²) in [5, 5.41) is 22.0. The van der Waals surface area contributed by atoms with Gasteiger partial charge in [0.05, 0.1) is 11.4 Å². The zero-order chi connectivity index (χ0) is 13.8. The van der Waals surface area contributed by atoms with Crippen molar-refractivity contribution in [3.63, 3.8) is 0 Å². The average molecular weight is 276 g/mol. The van der Waals surface area contributed by atoms with Crippen molar-refractivity contribution in [1.29, 1.82) is 0 Å². The van der Waals surface area contributed by atoms with Crippen molar-refractivity contribution < 1.29 is 15.0 Å². The second kappa shape index (κ2) is 5.62. The maximum atomic E-state index is 11.7. The molecule has 0 radical (unpaired) electrons. The number of amidine groups is 1. The zero-order valence-corrected chi connectivity index (χ0v) is 10.8. The number of hydrogen-bond acceptors (Lipinski definition) is 5. The van der Waals surface area contributed by atoms with E-state index >= 15 is 0 Å². The van der Waals surface area contributed by atoms with Gasteiger partial charge in [-0.15, -0.1) is 6.58 Å². The van der Waals surface area contributed by atoms with E-state index in [1.165, 1.54) is 30.0 Å². The summed E-state index contributed by atoms with van der Waals surface area (Å²) in [6, 6.07) is 4.19. The molecule has 2 rings (SSSR count). The van der Waals surface area contributed by atoms with Crippen molar-refractivity contribution in [3.8, 4) is 11.5 Å². The number of aliphatic imine (C=N–C) groups is 1. The van der Waals surface area contributed by atoms with Crippen LogP contribution in [0.4, 0.5) is 0 Å². The SMILES string of the molecule is C=CCN=C1NC(=O)/C(=C/c2ccc(O)cc2O)S1. The zero-order valence-electron chi connectivity index (χ0n) is 9.96. The number of benzene rings is 1. The first kappa shape index (κ1) is 13.2. The van der Waals surface area contributed by atoms with Crippen LogP contribution in [-0.2, 0) is 4.79 Å². The van der Waals surface area contributed by atoms with E-state index in [0.29, 0.717) is 22.2 Å². The number of thioether (sulfide) groups is 1. The van der Waals surface area contributed by atoms with Crippen LogP contribution < -0.4 is 5.32 Å². The highest BCUT2D eigenvalue weighted by atomic mass is 32.2. The van der Waals surface area contributed by atoms with Crippen LogP contribution in [0.5, 0.6) is 11.5 Å². The minimum absolute atomic E-state index is 0.0311. The Kier molecular flexibility index (Phi) is 3.91. The summed E-state index contributed by atoms with van der Waals surface area (Å²) in [6.45, 7) is 3.98. The normalized spacial score (nSPS) is 18.8. The van der Waals surface area contributed by atoms with Crippen LogP contribution in [0.15, 0.2) is 40.8 Å². The van der Waals surface area contributed by atoms with Gasteiger partial charge >= 0.3 is 0 Å². The average Bonchev–Trinajstić information content (AvgIpc) is 2.71. The van der Waals surface area contributed by atoms with Gasteiger partial charge in [-0.3, -0.25) is 9.79 Å². The lowest BCUT2D eigenvalue weighted by molar-refractivity contribution is -0.115. The van der Waals surface area contributed by atoms with E-state index in [4.69, 9.17) is 0 Å². The summed E-state index contributed by atoms with van der Waals surface area (Å²) in [6.07, 6.45) is 3.18. The smallest absolute Gasteiger partial charge is 0.264 e. The summed E-state index contributed by atoms with van der Waals surface area (Å²) < 4.78 is 0. The fraction of sp³-hybridized carbons (Fsp3) is 0.0769. The van der Waals surface area contributed by atoms with Gasteiger partial charge in [-0.05, 0) is 30.0 Å². The molecular weight excluding hydrogens is 264 g/mol. The molecule has 0 bridgehead atoms. The molecule has 19 heavy (non-hydrogen) atoms. The summed E-state index contributed by atoms with van der Waals surface area (Å²) in [4.78, 5) is 16.2. The molecule has 98 valence electrons. The molecule has 0 aliphatic carbocycles. The monoisotopic (exact) mass is 276 g/mol. The fourth-order valence-corrected chi connectivity index (χ4v) is 2.27. The Bertz CT molecular complexity index is 594. The first-order valence-corrected chi connectivity index (χ1v) is 6.30. The molecule has 1 saturated heterocycles. The summed E-state index contributed by atoms with van der Waals surface area (Å²) in [7, 11) is 0. The lowest BCUT2D eigenvalue weighted by Crippen LogP contribution is -2.19. The summed E-state index contributed by atoms with van der Waals surface area (Å²) >= 11 is 1.20. The van der Waals surface area contributed by atoms with Crippen LogP contribution in [0.2, 0.25) is 0 Å². The lowest BCUT2D eigenvalue weighted by Gasteiger charge is -2.00. The lowest BCUT2D eigenvalue weighted by atomic mass is 10.2. The van der Waals surface area contributed by atoms with Crippen molar-refractivity contribution >= 4 is 28.9 Å². The molecule has 1 aromatic rings.